The minimum Gasteiger partial charge on any atom is -0.349 e. The average molecular weight is 202 g/mol. The summed E-state index contributed by atoms with van der Waals surface area (Å²) in [4.78, 5) is 6.40. The zero-order valence-corrected chi connectivity index (χ0v) is 8.81. The van der Waals surface area contributed by atoms with Crippen molar-refractivity contribution in [3.05, 3.63) is 34.9 Å². The standard InChI is InChI=1S/C12H14N2O/c1-9-3-2-4-10-11(9)7-15-12(10)14-6-5-13-8-14/h2-4,8,12H,5-7H2,1H3. The zero-order chi connectivity index (χ0) is 10.3. The molecule has 3 rings (SSSR count). The van der Waals surface area contributed by atoms with Gasteiger partial charge in [0.15, 0.2) is 6.23 Å². The quantitative estimate of drug-likeness (QED) is 0.694. The number of hydrogen-bond acceptors (Lipinski definition) is 3. The molecule has 2 aliphatic rings. The Labute approximate surface area is 89.4 Å². The second-order valence-corrected chi connectivity index (χ2v) is 4.07. The molecule has 0 N–H and O–H groups in total. The van der Waals surface area contributed by atoms with Crippen LogP contribution in [-0.2, 0) is 11.3 Å². The minimum atomic E-state index is 0.0890. The first-order chi connectivity index (χ1) is 7.36. The number of aliphatic imine (C=N–C) groups is 1. The Hall–Kier alpha value is -1.35. The molecule has 1 unspecified atom stereocenters. The van der Waals surface area contributed by atoms with Crippen LogP contribution in [0.25, 0.3) is 0 Å². The molecule has 0 aromatic heterocycles. The maximum Gasteiger partial charge on any atom is 0.157 e. The van der Waals surface area contributed by atoms with Gasteiger partial charge in [0.05, 0.1) is 19.5 Å². The maximum absolute atomic E-state index is 5.82. The molecule has 0 spiro atoms. The van der Waals surface area contributed by atoms with Crippen molar-refractivity contribution in [1.82, 2.24) is 4.90 Å². The van der Waals surface area contributed by atoms with Gasteiger partial charge in [-0.3, -0.25) is 4.99 Å². The van der Waals surface area contributed by atoms with E-state index in [9.17, 15) is 0 Å². The molecular weight excluding hydrogens is 188 g/mol. The van der Waals surface area contributed by atoms with Gasteiger partial charge in [-0.2, -0.15) is 0 Å². The lowest BCUT2D eigenvalue weighted by Gasteiger charge is -2.22. The number of ether oxygens (including phenoxy) is 1. The molecule has 3 heteroatoms. The Kier molecular flexibility index (Phi) is 1.99. The van der Waals surface area contributed by atoms with Crippen LogP contribution < -0.4 is 0 Å². The number of rotatable bonds is 1. The van der Waals surface area contributed by atoms with E-state index in [2.05, 4.69) is 35.0 Å². The van der Waals surface area contributed by atoms with Gasteiger partial charge >= 0.3 is 0 Å². The van der Waals surface area contributed by atoms with Crippen molar-refractivity contribution in [2.45, 2.75) is 19.8 Å². The first kappa shape index (κ1) is 8.92. The molecule has 15 heavy (non-hydrogen) atoms. The zero-order valence-electron chi connectivity index (χ0n) is 8.81. The summed E-state index contributed by atoms with van der Waals surface area (Å²) in [6.07, 6.45) is 1.99. The molecule has 2 heterocycles. The van der Waals surface area contributed by atoms with Gasteiger partial charge in [0.1, 0.15) is 0 Å². The van der Waals surface area contributed by atoms with Gasteiger partial charge in [0.2, 0.25) is 0 Å². The number of aryl methyl sites for hydroxylation is 1. The molecule has 0 aliphatic carbocycles. The summed E-state index contributed by atoms with van der Waals surface area (Å²) >= 11 is 0. The van der Waals surface area contributed by atoms with Crippen LogP contribution in [0, 0.1) is 6.92 Å². The van der Waals surface area contributed by atoms with Crippen molar-refractivity contribution in [3.63, 3.8) is 0 Å². The largest absolute Gasteiger partial charge is 0.349 e. The van der Waals surface area contributed by atoms with Crippen LogP contribution >= 0.6 is 0 Å². The lowest BCUT2D eigenvalue weighted by Crippen LogP contribution is -2.25. The summed E-state index contributed by atoms with van der Waals surface area (Å²) in [6, 6.07) is 6.40. The van der Waals surface area contributed by atoms with Crippen LogP contribution in [-0.4, -0.2) is 24.3 Å². The van der Waals surface area contributed by atoms with Crippen molar-refractivity contribution in [2.75, 3.05) is 13.1 Å². The monoisotopic (exact) mass is 202 g/mol. The van der Waals surface area contributed by atoms with E-state index in [-0.39, 0.29) is 6.23 Å². The van der Waals surface area contributed by atoms with Gasteiger partial charge in [0, 0.05) is 12.1 Å². The molecule has 0 saturated carbocycles. The summed E-state index contributed by atoms with van der Waals surface area (Å²) in [5.74, 6) is 0. The topological polar surface area (TPSA) is 24.8 Å². The predicted octanol–water partition coefficient (Wildman–Crippen LogP) is 1.87. The SMILES string of the molecule is Cc1cccc2c1COC2N1C=NCC1. The van der Waals surface area contributed by atoms with Gasteiger partial charge in [-0.25, -0.2) is 0 Å². The highest BCUT2D eigenvalue weighted by Gasteiger charge is 2.29. The molecule has 0 saturated heterocycles. The fourth-order valence-electron chi connectivity index (χ4n) is 2.25. The molecule has 78 valence electrons. The summed E-state index contributed by atoms with van der Waals surface area (Å²) in [7, 11) is 0. The summed E-state index contributed by atoms with van der Waals surface area (Å²) in [5, 5.41) is 0. The number of nitrogens with zero attached hydrogens (tertiary/aromatic N) is 2. The highest BCUT2D eigenvalue weighted by molar-refractivity contribution is 5.58. The van der Waals surface area contributed by atoms with E-state index in [4.69, 9.17) is 4.74 Å². The third-order valence-electron chi connectivity index (χ3n) is 3.12. The Balaban J connectivity index is 1.97. The molecule has 1 aromatic rings. The fraction of sp³-hybridized carbons (Fsp3) is 0.417. The lowest BCUT2D eigenvalue weighted by molar-refractivity contribution is -0.0102. The first-order valence-electron chi connectivity index (χ1n) is 5.32. The molecule has 0 bridgehead atoms. The van der Waals surface area contributed by atoms with Crippen molar-refractivity contribution < 1.29 is 4.74 Å². The molecule has 1 atom stereocenters. The van der Waals surface area contributed by atoms with Crippen molar-refractivity contribution in [1.29, 1.82) is 0 Å². The number of benzene rings is 1. The molecule has 3 nitrogen and oxygen atoms in total. The van der Waals surface area contributed by atoms with Crippen LogP contribution in [0.2, 0.25) is 0 Å². The summed E-state index contributed by atoms with van der Waals surface area (Å²) in [6.45, 7) is 4.73. The minimum absolute atomic E-state index is 0.0890. The van der Waals surface area contributed by atoms with Gasteiger partial charge in [-0.1, -0.05) is 18.2 Å². The molecule has 0 fully saturated rings. The number of fused-ring (bicyclic) bond motifs is 1. The Morgan fingerprint density at radius 3 is 3.20 bits per heavy atom. The third kappa shape index (κ3) is 1.35. The van der Waals surface area contributed by atoms with E-state index in [0.29, 0.717) is 0 Å². The Bertz CT molecular complexity index is 414. The van der Waals surface area contributed by atoms with E-state index in [1.165, 1.54) is 16.7 Å². The van der Waals surface area contributed by atoms with Gasteiger partial charge in [-0.05, 0) is 18.1 Å². The highest BCUT2D eigenvalue weighted by atomic mass is 16.5. The van der Waals surface area contributed by atoms with E-state index in [1.54, 1.807) is 0 Å². The van der Waals surface area contributed by atoms with Crippen LogP contribution in [0.3, 0.4) is 0 Å². The van der Waals surface area contributed by atoms with E-state index in [0.717, 1.165) is 19.7 Å². The highest BCUT2D eigenvalue weighted by Crippen LogP contribution is 2.34. The second kappa shape index (κ2) is 3.35. The second-order valence-electron chi connectivity index (χ2n) is 4.07. The van der Waals surface area contributed by atoms with E-state index < -0.39 is 0 Å². The molecule has 0 amide bonds. The molecule has 2 aliphatic heterocycles. The molecular formula is C12H14N2O. The summed E-state index contributed by atoms with van der Waals surface area (Å²) < 4.78 is 5.82. The van der Waals surface area contributed by atoms with Crippen LogP contribution in [0.5, 0.6) is 0 Å². The van der Waals surface area contributed by atoms with Crippen LogP contribution in [0.1, 0.15) is 22.9 Å². The van der Waals surface area contributed by atoms with Crippen LogP contribution in [0.15, 0.2) is 23.2 Å². The fourth-order valence-corrected chi connectivity index (χ4v) is 2.25. The van der Waals surface area contributed by atoms with Crippen LogP contribution in [0.4, 0.5) is 0 Å². The average Bonchev–Trinajstić information content (AvgIpc) is 2.85. The smallest absolute Gasteiger partial charge is 0.157 e. The number of hydrogen-bond donors (Lipinski definition) is 0. The van der Waals surface area contributed by atoms with Crippen molar-refractivity contribution in [2.24, 2.45) is 4.99 Å². The van der Waals surface area contributed by atoms with E-state index in [1.807, 2.05) is 6.34 Å². The van der Waals surface area contributed by atoms with Gasteiger partial charge < -0.3 is 9.64 Å². The van der Waals surface area contributed by atoms with E-state index >= 15 is 0 Å². The predicted molar refractivity (Wildman–Crippen MR) is 58.8 cm³/mol. The molecule has 1 aromatic carbocycles. The van der Waals surface area contributed by atoms with Gasteiger partial charge in [-0.15, -0.1) is 0 Å². The normalized spacial score (nSPS) is 23.5. The maximum atomic E-state index is 5.82. The Morgan fingerprint density at radius 2 is 2.40 bits per heavy atom. The Morgan fingerprint density at radius 1 is 1.47 bits per heavy atom. The third-order valence-corrected chi connectivity index (χ3v) is 3.12. The van der Waals surface area contributed by atoms with Gasteiger partial charge in [0.25, 0.3) is 0 Å². The van der Waals surface area contributed by atoms with Crippen molar-refractivity contribution in [3.8, 4) is 0 Å². The van der Waals surface area contributed by atoms with Crippen molar-refractivity contribution >= 4 is 6.34 Å². The first-order valence-corrected chi connectivity index (χ1v) is 5.32. The molecule has 0 radical (unpaired) electrons. The summed E-state index contributed by atoms with van der Waals surface area (Å²) in [5.41, 5.74) is 3.98. The lowest BCUT2D eigenvalue weighted by atomic mass is 10.0.